The van der Waals surface area contributed by atoms with Crippen LogP contribution in [0.5, 0.6) is 0 Å². The van der Waals surface area contributed by atoms with Gasteiger partial charge in [-0.3, -0.25) is 4.79 Å². The first-order valence-electron chi connectivity index (χ1n) is 8.46. The van der Waals surface area contributed by atoms with Crippen molar-refractivity contribution >= 4 is 11.7 Å². The Bertz CT molecular complexity index is 469. The van der Waals surface area contributed by atoms with Crippen LogP contribution < -0.4 is 5.32 Å². The number of hydrogen-bond donors (Lipinski definition) is 1. The molecule has 0 spiro atoms. The van der Waals surface area contributed by atoms with E-state index in [2.05, 4.69) is 29.0 Å². The van der Waals surface area contributed by atoms with Crippen LogP contribution >= 0.6 is 0 Å². The molecule has 0 bridgehead atoms. The van der Waals surface area contributed by atoms with Gasteiger partial charge < -0.3 is 15.1 Å². The molecule has 1 saturated heterocycles. The molecule has 1 aromatic rings. The Balaban J connectivity index is 1.90. The molecular weight excluding hydrogens is 276 g/mol. The number of rotatable bonds is 7. The summed E-state index contributed by atoms with van der Waals surface area (Å²) >= 11 is 0. The van der Waals surface area contributed by atoms with Crippen molar-refractivity contribution in [3.63, 3.8) is 0 Å². The Morgan fingerprint density at radius 3 is 2.68 bits per heavy atom. The van der Waals surface area contributed by atoms with Crippen LogP contribution in [-0.4, -0.2) is 60.0 Å². The molecule has 1 aromatic heterocycles. The molecular formula is C17H28N4O. The van der Waals surface area contributed by atoms with E-state index in [1.54, 1.807) is 6.20 Å². The van der Waals surface area contributed by atoms with E-state index in [1.165, 1.54) is 12.8 Å². The summed E-state index contributed by atoms with van der Waals surface area (Å²) in [5.74, 6) is 0.920. The average Bonchev–Trinajstić information content (AvgIpc) is 2.58. The topological polar surface area (TPSA) is 48.5 Å². The van der Waals surface area contributed by atoms with E-state index in [0.29, 0.717) is 0 Å². The van der Waals surface area contributed by atoms with Crippen LogP contribution in [-0.2, 0) is 0 Å². The lowest BCUT2D eigenvalue weighted by Gasteiger charge is -2.34. The Morgan fingerprint density at radius 2 is 2.00 bits per heavy atom. The monoisotopic (exact) mass is 304 g/mol. The van der Waals surface area contributed by atoms with Gasteiger partial charge in [-0.25, -0.2) is 4.98 Å². The number of nitrogens with zero attached hydrogens (tertiary/aromatic N) is 3. The third kappa shape index (κ3) is 4.70. The number of piperazine rings is 1. The molecule has 0 atom stereocenters. The van der Waals surface area contributed by atoms with Gasteiger partial charge in [-0.15, -0.1) is 0 Å². The minimum absolute atomic E-state index is 0.120. The number of aromatic nitrogens is 1. The van der Waals surface area contributed by atoms with Crippen LogP contribution in [0.15, 0.2) is 18.3 Å². The highest BCUT2D eigenvalue weighted by Gasteiger charge is 2.21. The molecule has 1 N–H and O–H groups in total. The highest BCUT2D eigenvalue weighted by atomic mass is 16.2. The molecule has 1 fully saturated rings. The summed E-state index contributed by atoms with van der Waals surface area (Å²) in [7, 11) is 0. The molecule has 0 aliphatic carbocycles. The van der Waals surface area contributed by atoms with Gasteiger partial charge in [0.1, 0.15) is 5.82 Å². The lowest BCUT2D eigenvalue weighted by atomic mass is 10.2. The lowest BCUT2D eigenvalue weighted by Crippen LogP contribution is -2.48. The van der Waals surface area contributed by atoms with Crippen molar-refractivity contribution in [1.82, 2.24) is 14.8 Å². The number of unbranched alkanes of at least 4 members (excludes halogenated alkanes) is 2. The van der Waals surface area contributed by atoms with E-state index in [1.807, 2.05) is 17.0 Å². The molecule has 0 aromatic carbocycles. The number of nitrogens with one attached hydrogen (secondary N) is 1. The third-order valence-corrected chi connectivity index (χ3v) is 4.20. The smallest absolute Gasteiger partial charge is 0.254 e. The lowest BCUT2D eigenvalue weighted by molar-refractivity contribution is 0.0643. The van der Waals surface area contributed by atoms with Crippen molar-refractivity contribution in [2.24, 2.45) is 0 Å². The van der Waals surface area contributed by atoms with Gasteiger partial charge in [0.2, 0.25) is 0 Å². The first-order chi connectivity index (χ1) is 10.7. The maximum atomic E-state index is 12.6. The standard InChI is InChI=1S/C17H28N4O/c1-3-5-6-8-18-16-14-15(7-9-19-16)17(22)21-12-10-20(4-2)11-13-21/h7,9,14H,3-6,8,10-13H2,1-2H3,(H,18,19). The van der Waals surface area contributed by atoms with Crippen LogP contribution in [0.3, 0.4) is 0 Å². The molecule has 2 rings (SSSR count). The van der Waals surface area contributed by atoms with Crippen LogP contribution in [0.25, 0.3) is 0 Å². The van der Waals surface area contributed by atoms with Crippen LogP contribution in [0.4, 0.5) is 5.82 Å². The summed E-state index contributed by atoms with van der Waals surface area (Å²) in [4.78, 5) is 21.2. The first kappa shape index (κ1) is 16.7. The Morgan fingerprint density at radius 1 is 1.23 bits per heavy atom. The van der Waals surface area contributed by atoms with Crippen LogP contribution in [0.1, 0.15) is 43.5 Å². The molecule has 5 nitrogen and oxygen atoms in total. The van der Waals surface area contributed by atoms with Gasteiger partial charge in [0.15, 0.2) is 0 Å². The van der Waals surface area contributed by atoms with E-state index in [9.17, 15) is 4.79 Å². The third-order valence-electron chi connectivity index (χ3n) is 4.20. The van der Waals surface area contributed by atoms with Gasteiger partial charge in [0.05, 0.1) is 0 Å². The van der Waals surface area contributed by atoms with E-state index in [4.69, 9.17) is 0 Å². The molecule has 0 saturated carbocycles. The number of pyridine rings is 1. The zero-order valence-electron chi connectivity index (χ0n) is 13.8. The Kier molecular flexibility index (Phi) is 6.65. The number of anilines is 1. The number of carbonyl (C=O) groups is 1. The number of hydrogen-bond acceptors (Lipinski definition) is 4. The number of amides is 1. The van der Waals surface area contributed by atoms with E-state index in [-0.39, 0.29) is 5.91 Å². The molecule has 22 heavy (non-hydrogen) atoms. The molecule has 5 heteroatoms. The normalized spacial score (nSPS) is 15.8. The molecule has 1 aliphatic heterocycles. The molecule has 0 radical (unpaired) electrons. The second kappa shape index (κ2) is 8.73. The predicted molar refractivity (Wildman–Crippen MR) is 90.3 cm³/mol. The second-order valence-electron chi connectivity index (χ2n) is 5.79. The van der Waals surface area contributed by atoms with Gasteiger partial charge in [-0.05, 0) is 25.1 Å². The van der Waals surface area contributed by atoms with Gasteiger partial charge in [-0.2, -0.15) is 0 Å². The van der Waals surface area contributed by atoms with Crippen molar-refractivity contribution in [1.29, 1.82) is 0 Å². The maximum absolute atomic E-state index is 12.6. The van der Waals surface area contributed by atoms with Crippen molar-refractivity contribution in [2.75, 3.05) is 44.6 Å². The molecule has 1 aliphatic rings. The fraction of sp³-hybridized carbons (Fsp3) is 0.647. The summed E-state index contributed by atoms with van der Waals surface area (Å²) in [6.07, 6.45) is 5.28. The maximum Gasteiger partial charge on any atom is 0.254 e. The average molecular weight is 304 g/mol. The summed E-state index contributed by atoms with van der Waals surface area (Å²) < 4.78 is 0. The largest absolute Gasteiger partial charge is 0.370 e. The SMILES string of the molecule is CCCCCNc1cc(C(=O)N2CCN(CC)CC2)ccn1. The van der Waals surface area contributed by atoms with Gasteiger partial charge in [0.25, 0.3) is 5.91 Å². The second-order valence-corrected chi connectivity index (χ2v) is 5.79. The highest BCUT2D eigenvalue weighted by Crippen LogP contribution is 2.12. The zero-order chi connectivity index (χ0) is 15.8. The quantitative estimate of drug-likeness (QED) is 0.786. The van der Waals surface area contributed by atoms with Crippen molar-refractivity contribution in [2.45, 2.75) is 33.1 Å². The summed E-state index contributed by atoms with van der Waals surface area (Å²) in [5, 5.41) is 3.30. The van der Waals surface area contributed by atoms with Crippen molar-refractivity contribution in [3.8, 4) is 0 Å². The first-order valence-corrected chi connectivity index (χ1v) is 8.46. The summed E-state index contributed by atoms with van der Waals surface area (Å²) in [5.41, 5.74) is 0.734. The Labute approximate surface area is 133 Å². The number of likely N-dealkylation sites (N-methyl/N-ethyl adjacent to an activating group) is 1. The van der Waals surface area contributed by atoms with Gasteiger partial charge in [0, 0.05) is 44.5 Å². The van der Waals surface area contributed by atoms with E-state index in [0.717, 1.165) is 57.1 Å². The van der Waals surface area contributed by atoms with Crippen LogP contribution in [0, 0.1) is 0 Å². The minimum Gasteiger partial charge on any atom is -0.370 e. The predicted octanol–water partition coefficient (Wildman–Crippen LogP) is 2.46. The van der Waals surface area contributed by atoms with Crippen molar-refractivity contribution in [3.05, 3.63) is 23.9 Å². The molecule has 122 valence electrons. The van der Waals surface area contributed by atoms with Gasteiger partial charge >= 0.3 is 0 Å². The van der Waals surface area contributed by atoms with Crippen molar-refractivity contribution < 1.29 is 4.79 Å². The fourth-order valence-electron chi connectivity index (χ4n) is 2.70. The molecule has 0 unspecified atom stereocenters. The molecule has 2 heterocycles. The minimum atomic E-state index is 0.120. The molecule has 1 amide bonds. The van der Waals surface area contributed by atoms with E-state index >= 15 is 0 Å². The Hall–Kier alpha value is -1.62. The zero-order valence-corrected chi connectivity index (χ0v) is 13.8. The van der Waals surface area contributed by atoms with Gasteiger partial charge in [-0.1, -0.05) is 26.7 Å². The number of carbonyl (C=O) groups excluding carboxylic acids is 1. The summed E-state index contributed by atoms with van der Waals surface area (Å²) in [6.45, 7) is 9.89. The van der Waals surface area contributed by atoms with Crippen LogP contribution in [0.2, 0.25) is 0 Å². The summed E-state index contributed by atoms with van der Waals surface area (Å²) in [6, 6.07) is 3.69. The highest BCUT2D eigenvalue weighted by molar-refractivity contribution is 5.94. The fourth-order valence-corrected chi connectivity index (χ4v) is 2.70. The van der Waals surface area contributed by atoms with E-state index < -0.39 is 0 Å².